The minimum absolute atomic E-state index is 0.0467. The number of nitrogens with one attached hydrogen (secondary N) is 1. The van der Waals surface area contributed by atoms with Gasteiger partial charge in [0.2, 0.25) is 5.91 Å². The van der Waals surface area contributed by atoms with E-state index >= 15 is 0 Å². The number of hydrogen-bond donors (Lipinski definition) is 1. The summed E-state index contributed by atoms with van der Waals surface area (Å²) in [6.45, 7) is 5.20. The largest absolute Gasteiger partial charge is 0.376 e. The summed E-state index contributed by atoms with van der Waals surface area (Å²) in [4.78, 5) is 15.0. The lowest BCUT2D eigenvalue weighted by atomic mass is 9.99. The second-order valence-corrected chi connectivity index (χ2v) is 7.81. The van der Waals surface area contributed by atoms with Crippen LogP contribution in [0.2, 0.25) is 0 Å². The molecule has 1 atom stereocenters. The Bertz CT molecular complexity index is 800. The van der Waals surface area contributed by atoms with Gasteiger partial charge in [-0.15, -0.1) is 0 Å². The molecule has 1 fully saturated rings. The Kier molecular flexibility index (Phi) is 5.55. The molecule has 0 aromatic heterocycles. The first kappa shape index (κ1) is 18.2. The van der Waals surface area contributed by atoms with E-state index < -0.39 is 0 Å². The van der Waals surface area contributed by atoms with Crippen molar-refractivity contribution in [2.75, 3.05) is 18.5 Å². The zero-order valence-corrected chi connectivity index (χ0v) is 16.0. The van der Waals surface area contributed by atoms with E-state index in [1.165, 1.54) is 24.0 Å². The number of hydrogen-bond acceptors (Lipinski definition) is 3. The van der Waals surface area contributed by atoms with Gasteiger partial charge in [-0.1, -0.05) is 36.4 Å². The van der Waals surface area contributed by atoms with Crippen LogP contribution >= 0.6 is 0 Å². The van der Waals surface area contributed by atoms with E-state index in [1.807, 2.05) is 31.2 Å². The van der Waals surface area contributed by atoms with Gasteiger partial charge in [-0.2, -0.15) is 0 Å². The molecule has 1 N–H and O–H groups in total. The number of amides is 1. The molecule has 0 bridgehead atoms. The van der Waals surface area contributed by atoms with Gasteiger partial charge in [-0.05, 0) is 60.9 Å². The first-order valence-corrected chi connectivity index (χ1v) is 9.97. The first-order chi connectivity index (χ1) is 13.2. The molecule has 0 saturated heterocycles. The van der Waals surface area contributed by atoms with Crippen LogP contribution in [-0.2, 0) is 29.1 Å². The van der Waals surface area contributed by atoms with E-state index in [4.69, 9.17) is 4.74 Å². The maximum Gasteiger partial charge on any atom is 0.241 e. The van der Waals surface area contributed by atoms with E-state index in [0.717, 1.165) is 43.3 Å². The SMILES string of the molecule is CC(C(=O)Nc1cccc(COCC2CC2)c1)N1CCc2ccccc2C1. The molecule has 27 heavy (non-hydrogen) atoms. The van der Waals surface area contributed by atoms with Crippen molar-refractivity contribution in [1.82, 2.24) is 4.90 Å². The fraction of sp³-hybridized carbons (Fsp3) is 0.435. The van der Waals surface area contributed by atoms with Gasteiger partial charge in [0.25, 0.3) is 0 Å². The summed E-state index contributed by atoms with van der Waals surface area (Å²) in [6.07, 6.45) is 3.60. The smallest absolute Gasteiger partial charge is 0.241 e. The van der Waals surface area contributed by atoms with Crippen molar-refractivity contribution in [3.8, 4) is 0 Å². The predicted molar refractivity (Wildman–Crippen MR) is 107 cm³/mol. The zero-order chi connectivity index (χ0) is 18.6. The average Bonchev–Trinajstić information content (AvgIpc) is 3.52. The minimum atomic E-state index is -0.159. The lowest BCUT2D eigenvalue weighted by molar-refractivity contribution is -0.121. The van der Waals surface area contributed by atoms with Gasteiger partial charge < -0.3 is 10.1 Å². The lowest BCUT2D eigenvalue weighted by Gasteiger charge is -2.32. The Morgan fingerprint density at radius 1 is 1.19 bits per heavy atom. The van der Waals surface area contributed by atoms with Gasteiger partial charge in [0, 0.05) is 25.4 Å². The number of nitrogens with zero attached hydrogens (tertiary/aromatic N) is 1. The normalized spacial score (nSPS) is 18.0. The summed E-state index contributed by atoms with van der Waals surface area (Å²) < 4.78 is 5.76. The molecule has 1 heterocycles. The first-order valence-electron chi connectivity index (χ1n) is 9.97. The number of anilines is 1. The Morgan fingerprint density at radius 3 is 2.81 bits per heavy atom. The second kappa shape index (κ2) is 8.24. The number of carbonyl (C=O) groups excluding carboxylic acids is 1. The Morgan fingerprint density at radius 2 is 2.00 bits per heavy atom. The van der Waals surface area contributed by atoms with Crippen molar-refractivity contribution in [3.63, 3.8) is 0 Å². The standard InChI is InChI=1S/C23H28N2O2/c1-17(25-12-11-20-6-2-3-7-21(20)14-25)23(26)24-22-8-4-5-19(13-22)16-27-15-18-9-10-18/h2-8,13,17-18H,9-12,14-16H2,1H3,(H,24,26). The third-order valence-corrected chi connectivity index (χ3v) is 5.60. The maximum absolute atomic E-state index is 12.8. The molecule has 4 nitrogen and oxygen atoms in total. The monoisotopic (exact) mass is 364 g/mol. The second-order valence-electron chi connectivity index (χ2n) is 7.81. The van der Waals surface area contributed by atoms with E-state index in [2.05, 4.69) is 34.5 Å². The van der Waals surface area contributed by atoms with Crippen molar-refractivity contribution in [2.24, 2.45) is 5.92 Å². The molecular weight excluding hydrogens is 336 g/mol. The fourth-order valence-electron chi connectivity index (χ4n) is 3.63. The molecule has 2 aromatic rings. The van der Waals surface area contributed by atoms with Gasteiger partial charge in [-0.3, -0.25) is 9.69 Å². The number of ether oxygens (including phenoxy) is 1. The molecule has 2 aromatic carbocycles. The lowest BCUT2D eigenvalue weighted by Crippen LogP contribution is -2.44. The van der Waals surface area contributed by atoms with E-state index in [0.29, 0.717) is 6.61 Å². The predicted octanol–water partition coefficient (Wildman–Crippen LogP) is 4.00. The van der Waals surface area contributed by atoms with Crippen LogP contribution in [0.1, 0.15) is 36.5 Å². The number of benzene rings is 2. The van der Waals surface area contributed by atoms with Crippen molar-refractivity contribution in [2.45, 2.75) is 45.4 Å². The van der Waals surface area contributed by atoms with Crippen molar-refractivity contribution >= 4 is 11.6 Å². The molecule has 1 aliphatic carbocycles. The molecule has 0 radical (unpaired) electrons. The topological polar surface area (TPSA) is 41.6 Å². The van der Waals surface area contributed by atoms with Crippen molar-refractivity contribution in [1.29, 1.82) is 0 Å². The summed E-state index contributed by atoms with van der Waals surface area (Å²) in [5.41, 5.74) is 4.68. The number of rotatable bonds is 7. The fourth-order valence-corrected chi connectivity index (χ4v) is 3.63. The van der Waals surface area contributed by atoms with Crippen LogP contribution in [0.5, 0.6) is 0 Å². The Hall–Kier alpha value is -2.17. The van der Waals surface area contributed by atoms with E-state index in [-0.39, 0.29) is 11.9 Å². The maximum atomic E-state index is 12.8. The highest BCUT2D eigenvalue weighted by Gasteiger charge is 2.25. The number of carbonyl (C=O) groups is 1. The van der Waals surface area contributed by atoms with Crippen LogP contribution < -0.4 is 5.32 Å². The molecule has 1 aliphatic heterocycles. The van der Waals surface area contributed by atoms with E-state index in [1.54, 1.807) is 0 Å². The number of fused-ring (bicyclic) bond motifs is 1. The highest BCUT2D eigenvalue weighted by atomic mass is 16.5. The zero-order valence-electron chi connectivity index (χ0n) is 16.0. The van der Waals surface area contributed by atoms with Crippen LogP contribution in [0.3, 0.4) is 0 Å². The Balaban J connectivity index is 1.33. The molecule has 142 valence electrons. The van der Waals surface area contributed by atoms with Crippen LogP contribution in [0.15, 0.2) is 48.5 Å². The molecule has 4 heteroatoms. The molecule has 0 spiro atoms. The van der Waals surface area contributed by atoms with Gasteiger partial charge in [0.05, 0.1) is 12.6 Å². The summed E-state index contributed by atoms with van der Waals surface area (Å²) >= 11 is 0. The summed E-state index contributed by atoms with van der Waals surface area (Å²) in [6, 6.07) is 16.3. The average molecular weight is 364 g/mol. The van der Waals surface area contributed by atoms with Gasteiger partial charge in [-0.25, -0.2) is 0 Å². The molecular formula is C23H28N2O2. The molecule has 4 rings (SSSR count). The van der Waals surface area contributed by atoms with Crippen LogP contribution in [0.25, 0.3) is 0 Å². The van der Waals surface area contributed by atoms with E-state index in [9.17, 15) is 4.79 Å². The highest BCUT2D eigenvalue weighted by Crippen LogP contribution is 2.29. The highest BCUT2D eigenvalue weighted by molar-refractivity contribution is 5.94. The quantitative estimate of drug-likeness (QED) is 0.807. The summed E-state index contributed by atoms with van der Waals surface area (Å²) in [5, 5.41) is 3.08. The summed E-state index contributed by atoms with van der Waals surface area (Å²) in [5.74, 6) is 0.814. The molecule has 1 saturated carbocycles. The van der Waals surface area contributed by atoms with Gasteiger partial charge in [0.15, 0.2) is 0 Å². The molecule has 1 unspecified atom stereocenters. The van der Waals surface area contributed by atoms with Gasteiger partial charge in [0.1, 0.15) is 0 Å². The third-order valence-electron chi connectivity index (χ3n) is 5.60. The van der Waals surface area contributed by atoms with Gasteiger partial charge >= 0.3 is 0 Å². The molecule has 2 aliphatic rings. The Labute approximate surface area is 161 Å². The summed E-state index contributed by atoms with van der Waals surface area (Å²) in [7, 11) is 0. The van der Waals surface area contributed by atoms with Crippen molar-refractivity contribution in [3.05, 3.63) is 65.2 Å². The molecule has 1 amide bonds. The van der Waals surface area contributed by atoms with Crippen molar-refractivity contribution < 1.29 is 9.53 Å². The van der Waals surface area contributed by atoms with Crippen LogP contribution in [-0.4, -0.2) is 30.0 Å². The third kappa shape index (κ3) is 4.76. The minimum Gasteiger partial charge on any atom is -0.376 e. The van der Waals surface area contributed by atoms with Crippen LogP contribution in [0, 0.1) is 5.92 Å². The van der Waals surface area contributed by atoms with Crippen LogP contribution in [0.4, 0.5) is 5.69 Å².